The molecule has 4 nitrogen and oxygen atoms in total. The van der Waals surface area contributed by atoms with Crippen LogP contribution in [0.1, 0.15) is 15.9 Å². The maximum Gasteiger partial charge on any atom is 0.253 e. The summed E-state index contributed by atoms with van der Waals surface area (Å²) in [6, 6.07) is 12.4. The lowest BCUT2D eigenvalue weighted by Crippen LogP contribution is -2.23. The first kappa shape index (κ1) is 18.2. The summed E-state index contributed by atoms with van der Waals surface area (Å²) in [5.41, 5.74) is 0.837. The molecule has 1 heterocycles. The second kappa shape index (κ2) is 8.17. The molecule has 0 saturated carbocycles. The van der Waals surface area contributed by atoms with E-state index in [1.54, 1.807) is 36.5 Å². The van der Waals surface area contributed by atoms with Crippen molar-refractivity contribution in [3.8, 4) is 11.5 Å². The van der Waals surface area contributed by atoms with Gasteiger partial charge in [-0.05, 0) is 48.0 Å². The van der Waals surface area contributed by atoms with Crippen molar-refractivity contribution in [1.29, 1.82) is 0 Å². The van der Waals surface area contributed by atoms with Crippen LogP contribution in [0.2, 0.25) is 10.0 Å². The van der Waals surface area contributed by atoms with Gasteiger partial charge in [0.05, 0.1) is 16.8 Å². The van der Waals surface area contributed by atoms with E-state index in [9.17, 15) is 9.18 Å². The fourth-order valence-corrected chi connectivity index (χ4v) is 2.60. The molecule has 1 aromatic heterocycles. The molecule has 1 N–H and O–H groups in total. The molecule has 2 aromatic carbocycles. The molecule has 7 heteroatoms. The highest BCUT2D eigenvalue weighted by molar-refractivity contribution is 6.35. The Labute approximate surface area is 159 Å². The third kappa shape index (κ3) is 4.50. The molecule has 26 heavy (non-hydrogen) atoms. The highest BCUT2D eigenvalue weighted by atomic mass is 35.5. The van der Waals surface area contributed by atoms with E-state index in [2.05, 4.69) is 10.3 Å². The number of carbonyl (C=O) groups is 1. The number of carbonyl (C=O) groups excluding carboxylic acids is 1. The molecular formula is C19H13Cl2FN2O2. The summed E-state index contributed by atoms with van der Waals surface area (Å²) in [4.78, 5) is 16.1. The van der Waals surface area contributed by atoms with Crippen molar-refractivity contribution in [2.45, 2.75) is 6.54 Å². The van der Waals surface area contributed by atoms with Gasteiger partial charge >= 0.3 is 0 Å². The average molecular weight is 391 g/mol. The van der Waals surface area contributed by atoms with E-state index >= 15 is 0 Å². The lowest BCUT2D eigenvalue weighted by Gasteiger charge is -2.10. The Balaban J connectivity index is 1.66. The van der Waals surface area contributed by atoms with Gasteiger partial charge < -0.3 is 10.1 Å². The van der Waals surface area contributed by atoms with Gasteiger partial charge in [-0.3, -0.25) is 9.78 Å². The molecule has 0 unspecified atom stereocenters. The predicted octanol–water partition coefficient (Wildman–Crippen LogP) is 5.25. The van der Waals surface area contributed by atoms with E-state index in [0.29, 0.717) is 21.4 Å². The molecule has 0 atom stereocenters. The number of pyridine rings is 1. The number of ether oxygens (including phenoxy) is 1. The van der Waals surface area contributed by atoms with E-state index in [-0.39, 0.29) is 17.9 Å². The number of rotatable bonds is 5. The zero-order valence-electron chi connectivity index (χ0n) is 13.4. The van der Waals surface area contributed by atoms with Gasteiger partial charge in [-0.2, -0.15) is 0 Å². The van der Waals surface area contributed by atoms with E-state index in [0.717, 1.165) is 0 Å². The van der Waals surface area contributed by atoms with Crippen LogP contribution in [-0.2, 0) is 6.54 Å². The standard InChI is InChI=1S/C19H13Cl2FN2O2/c20-13-4-5-16(21)15(9-13)19(25)24-10-12-3-6-18(17(22)8-12)26-14-2-1-7-23-11-14/h1-9,11H,10H2,(H,24,25). The average Bonchev–Trinajstić information content (AvgIpc) is 2.64. The van der Waals surface area contributed by atoms with Crippen molar-refractivity contribution in [3.63, 3.8) is 0 Å². The second-order valence-electron chi connectivity index (χ2n) is 5.36. The summed E-state index contributed by atoms with van der Waals surface area (Å²) in [5.74, 6) is -0.427. The lowest BCUT2D eigenvalue weighted by atomic mass is 10.2. The number of halogens is 3. The monoisotopic (exact) mass is 390 g/mol. The number of benzene rings is 2. The molecule has 0 saturated heterocycles. The highest BCUT2D eigenvalue weighted by Gasteiger charge is 2.12. The van der Waals surface area contributed by atoms with Crippen LogP contribution in [0.4, 0.5) is 4.39 Å². The zero-order valence-corrected chi connectivity index (χ0v) is 14.9. The Morgan fingerprint density at radius 2 is 2.00 bits per heavy atom. The van der Waals surface area contributed by atoms with E-state index in [4.69, 9.17) is 27.9 Å². The highest BCUT2D eigenvalue weighted by Crippen LogP contribution is 2.25. The van der Waals surface area contributed by atoms with Crippen molar-refractivity contribution in [3.05, 3.63) is 87.9 Å². The summed E-state index contributed by atoms with van der Waals surface area (Å²) in [7, 11) is 0. The van der Waals surface area contributed by atoms with Crippen molar-refractivity contribution in [2.75, 3.05) is 0 Å². The van der Waals surface area contributed by atoms with Gasteiger partial charge in [0, 0.05) is 17.8 Å². The van der Waals surface area contributed by atoms with Gasteiger partial charge in [-0.1, -0.05) is 29.3 Å². The van der Waals surface area contributed by atoms with Gasteiger partial charge in [0.2, 0.25) is 0 Å². The summed E-state index contributed by atoms with van der Waals surface area (Å²) < 4.78 is 19.6. The molecule has 0 fully saturated rings. The second-order valence-corrected chi connectivity index (χ2v) is 6.21. The minimum absolute atomic E-state index is 0.0750. The summed E-state index contributed by atoms with van der Waals surface area (Å²) in [6.07, 6.45) is 3.09. The third-order valence-corrected chi connectivity index (χ3v) is 4.05. The molecule has 0 radical (unpaired) electrons. The fraction of sp³-hybridized carbons (Fsp3) is 0.0526. The maximum atomic E-state index is 14.2. The van der Waals surface area contributed by atoms with Gasteiger partial charge in [0.1, 0.15) is 5.75 Å². The van der Waals surface area contributed by atoms with Crippen LogP contribution in [0.5, 0.6) is 11.5 Å². The van der Waals surface area contributed by atoms with Gasteiger partial charge in [-0.25, -0.2) is 4.39 Å². The lowest BCUT2D eigenvalue weighted by molar-refractivity contribution is 0.0951. The third-order valence-electron chi connectivity index (χ3n) is 3.48. The SMILES string of the molecule is O=C(NCc1ccc(Oc2cccnc2)c(F)c1)c1cc(Cl)ccc1Cl. The minimum atomic E-state index is -0.540. The Kier molecular flexibility index (Phi) is 5.71. The van der Waals surface area contributed by atoms with Crippen LogP contribution in [0.3, 0.4) is 0 Å². The van der Waals surface area contributed by atoms with Crippen LogP contribution in [0.25, 0.3) is 0 Å². The largest absolute Gasteiger partial charge is 0.453 e. The maximum absolute atomic E-state index is 14.2. The Hall–Kier alpha value is -2.63. The quantitative estimate of drug-likeness (QED) is 0.646. The molecule has 0 aliphatic rings. The first-order chi connectivity index (χ1) is 12.5. The molecule has 0 bridgehead atoms. The summed E-state index contributed by atoms with van der Waals surface area (Å²) in [6.45, 7) is 0.131. The number of aromatic nitrogens is 1. The van der Waals surface area contributed by atoms with Crippen molar-refractivity contribution in [1.82, 2.24) is 10.3 Å². The minimum Gasteiger partial charge on any atom is -0.453 e. The fourth-order valence-electron chi connectivity index (χ4n) is 2.22. The summed E-state index contributed by atoms with van der Waals surface area (Å²) >= 11 is 11.9. The van der Waals surface area contributed by atoms with E-state index in [1.165, 1.54) is 24.4 Å². The van der Waals surface area contributed by atoms with Crippen LogP contribution in [0, 0.1) is 5.82 Å². The number of amides is 1. The predicted molar refractivity (Wildman–Crippen MR) is 98.3 cm³/mol. The van der Waals surface area contributed by atoms with Crippen LogP contribution >= 0.6 is 23.2 Å². The molecule has 1 amide bonds. The number of nitrogens with one attached hydrogen (secondary N) is 1. The first-order valence-corrected chi connectivity index (χ1v) is 8.38. The summed E-state index contributed by atoms with van der Waals surface area (Å²) in [5, 5.41) is 3.38. The van der Waals surface area contributed by atoms with Crippen LogP contribution in [0.15, 0.2) is 60.9 Å². The van der Waals surface area contributed by atoms with Crippen molar-refractivity contribution in [2.24, 2.45) is 0 Å². The number of nitrogens with zero attached hydrogens (tertiary/aromatic N) is 1. The molecule has 0 aliphatic heterocycles. The zero-order chi connectivity index (χ0) is 18.5. The van der Waals surface area contributed by atoms with E-state index < -0.39 is 11.7 Å². The Morgan fingerprint density at radius 1 is 1.15 bits per heavy atom. The molecule has 0 spiro atoms. The normalized spacial score (nSPS) is 10.4. The molecule has 0 aliphatic carbocycles. The number of hydrogen-bond acceptors (Lipinski definition) is 3. The van der Waals surface area contributed by atoms with Gasteiger partial charge in [0.15, 0.2) is 11.6 Å². The van der Waals surface area contributed by atoms with Crippen molar-refractivity contribution >= 4 is 29.1 Å². The van der Waals surface area contributed by atoms with Gasteiger partial charge in [-0.15, -0.1) is 0 Å². The number of hydrogen-bond donors (Lipinski definition) is 1. The van der Waals surface area contributed by atoms with E-state index in [1.807, 2.05) is 0 Å². The smallest absolute Gasteiger partial charge is 0.253 e. The molecule has 3 aromatic rings. The molecule has 3 rings (SSSR count). The first-order valence-electron chi connectivity index (χ1n) is 7.62. The van der Waals surface area contributed by atoms with Crippen molar-refractivity contribution < 1.29 is 13.9 Å². The van der Waals surface area contributed by atoms with Crippen LogP contribution < -0.4 is 10.1 Å². The Bertz CT molecular complexity index is 936. The molecular weight excluding hydrogens is 378 g/mol. The Morgan fingerprint density at radius 3 is 2.73 bits per heavy atom. The van der Waals surface area contributed by atoms with Gasteiger partial charge in [0.25, 0.3) is 5.91 Å². The molecule has 132 valence electrons. The van der Waals surface area contributed by atoms with Crippen LogP contribution in [-0.4, -0.2) is 10.9 Å². The topological polar surface area (TPSA) is 51.2 Å².